The van der Waals surface area contributed by atoms with Gasteiger partial charge in [0.2, 0.25) is 6.10 Å². The highest BCUT2D eigenvalue weighted by molar-refractivity contribution is 5.99. The van der Waals surface area contributed by atoms with Crippen molar-refractivity contribution in [2.75, 3.05) is 24.1 Å². The molecule has 1 atom stereocenters. The molecule has 4 N–H and O–H groups in total. The maximum Gasteiger partial charge on any atom is 0.361 e. The summed E-state index contributed by atoms with van der Waals surface area (Å²) in [7, 11) is 0. The molecular weight excluding hydrogens is 489 g/mol. The summed E-state index contributed by atoms with van der Waals surface area (Å²) in [4.78, 5) is 34.9. The molecule has 2 aromatic carbocycles. The molecule has 4 aromatic rings. The molecule has 0 saturated carbocycles. The minimum atomic E-state index is -1.32. The number of piperidine rings is 1. The van der Waals surface area contributed by atoms with E-state index in [1.54, 1.807) is 36.5 Å². The number of rotatable bonds is 7. The van der Waals surface area contributed by atoms with Crippen molar-refractivity contribution in [1.82, 2.24) is 25.1 Å². The van der Waals surface area contributed by atoms with Crippen LogP contribution in [-0.2, 0) is 9.53 Å². The molecule has 0 radical (unpaired) electrons. The Morgan fingerprint density at radius 2 is 1.82 bits per heavy atom. The van der Waals surface area contributed by atoms with E-state index in [-0.39, 0.29) is 17.6 Å². The average molecular weight is 516 g/mol. The van der Waals surface area contributed by atoms with Crippen LogP contribution in [0.2, 0.25) is 0 Å². The first-order valence-electron chi connectivity index (χ1n) is 12.2. The molecule has 0 bridgehead atoms. The summed E-state index contributed by atoms with van der Waals surface area (Å²) in [6.07, 6.45) is 5.61. The monoisotopic (exact) mass is 515 g/mol. The van der Waals surface area contributed by atoms with Crippen molar-refractivity contribution in [2.45, 2.75) is 25.0 Å². The number of nitrogen functional groups attached to an aromatic ring is 1. The Labute approximate surface area is 218 Å². The van der Waals surface area contributed by atoms with E-state index in [1.807, 2.05) is 10.9 Å². The van der Waals surface area contributed by atoms with Gasteiger partial charge in [0.25, 0.3) is 5.91 Å². The highest BCUT2D eigenvalue weighted by Crippen LogP contribution is 2.25. The normalized spacial score (nSPS) is 14.6. The van der Waals surface area contributed by atoms with Crippen molar-refractivity contribution >= 4 is 23.4 Å². The third-order valence-corrected chi connectivity index (χ3v) is 6.25. The van der Waals surface area contributed by atoms with Gasteiger partial charge < -0.3 is 21.1 Å². The minimum absolute atomic E-state index is 0.129. The van der Waals surface area contributed by atoms with Crippen LogP contribution in [0.1, 0.15) is 41.0 Å². The molecule has 1 fully saturated rings. The van der Waals surface area contributed by atoms with Gasteiger partial charge in [-0.05, 0) is 50.2 Å². The standard InChI is InChI=1S/C27H26FN7O3/c28-19-6-8-20(9-7-19)33-26(36)24(17-4-2-1-3-5-17)38-27(37)23-25(29)31-15-22(34-23)18-14-32-35(16-18)21-10-12-30-13-11-21/h1-9,14-16,21,24,30H,10-13H2,(H2,29,31)(H,33,36)/t24-/m1/s1. The first-order chi connectivity index (χ1) is 18.5. The lowest BCUT2D eigenvalue weighted by molar-refractivity contribution is -0.125. The molecule has 194 valence electrons. The summed E-state index contributed by atoms with van der Waals surface area (Å²) in [5.41, 5.74) is 7.63. The smallest absolute Gasteiger partial charge is 0.361 e. The minimum Gasteiger partial charge on any atom is -0.442 e. The molecule has 10 nitrogen and oxygen atoms in total. The molecule has 0 unspecified atom stereocenters. The van der Waals surface area contributed by atoms with E-state index in [0.29, 0.717) is 22.5 Å². The number of carbonyl (C=O) groups excluding carboxylic acids is 2. The number of anilines is 2. The van der Waals surface area contributed by atoms with E-state index in [2.05, 4.69) is 25.7 Å². The maximum atomic E-state index is 13.3. The molecule has 38 heavy (non-hydrogen) atoms. The van der Waals surface area contributed by atoms with Crippen LogP contribution in [0.4, 0.5) is 15.9 Å². The first kappa shape index (κ1) is 25.0. The number of carbonyl (C=O) groups is 2. The molecule has 0 spiro atoms. The van der Waals surface area contributed by atoms with E-state index in [9.17, 15) is 14.0 Å². The summed E-state index contributed by atoms with van der Waals surface area (Å²) in [5.74, 6) is -2.10. The van der Waals surface area contributed by atoms with Gasteiger partial charge in [-0.15, -0.1) is 0 Å². The van der Waals surface area contributed by atoms with E-state index in [0.717, 1.165) is 25.9 Å². The number of amides is 1. The molecule has 1 amide bonds. The number of benzene rings is 2. The second kappa shape index (κ2) is 11.2. The van der Waals surface area contributed by atoms with Crippen LogP contribution >= 0.6 is 0 Å². The topological polar surface area (TPSA) is 137 Å². The Balaban J connectivity index is 1.38. The van der Waals surface area contributed by atoms with Crippen LogP contribution in [0.15, 0.2) is 73.2 Å². The quantitative estimate of drug-likeness (QED) is 0.318. The van der Waals surface area contributed by atoms with Gasteiger partial charge >= 0.3 is 5.97 Å². The fourth-order valence-electron chi connectivity index (χ4n) is 4.23. The average Bonchev–Trinajstić information content (AvgIpc) is 3.44. The van der Waals surface area contributed by atoms with Gasteiger partial charge in [0.1, 0.15) is 5.82 Å². The number of ether oxygens (including phenoxy) is 1. The van der Waals surface area contributed by atoms with Crippen LogP contribution in [0.25, 0.3) is 11.3 Å². The van der Waals surface area contributed by atoms with Gasteiger partial charge in [-0.25, -0.2) is 19.2 Å². The molecule has 0 aliphatic carbocycles. The molecule has 2 aromatic heterocycles. The number of nitrogens with two attached hydrogens (primary N) is 1. The van der Waals surface area contributed by atoms with Crippen LogP contribution in [0, 0.1) is 5.82 Å². The lowest BCUT2D eigenvalue weighted by Gasteiger charge is -2.22. The van der Waals surface area contributed by atoms with E-state index < -0.39 is 23.8 Å². The fourth-order valence-corrected chi connectivity index (χ4v) is 4.23. The number of nitrogens with zero attached hydrogens (tertiary/aromatic N) is 4. The lowest BCUT2D eigenvalue weighted by Crippen LogP contribution is -2.29. The number of esters is 1. The fraction of sp³-hybridized carbons (Fsp3) is 0.222. The van der Waals surface area contributed by atoms with Gasteiger partial charge in [0.15, 0.2) is 11.5 Å². The Bertz CT molecular complexity index is 1420. The predicted molar refractivity (Wildman–Crippen MR) is 138 cm³/mol. The zero-order valence-electron chi connectivity index (χ0n) is 20.4. The van der Waals surface area contributed by atoms with Crippen molar-refractivity contribution in [3.8, 4) is 11.3 Å². The number of hydrogen-bond donors (Lipinski definition) is 3. The van der Waals surface area contributed by atoms with Crippen molar-refractivity contribution in [2.24, 2.45) is 0 Å². The van der Waals surface area contributed by atoms with Gasteiger partial charge in [-0.3, -0.25) is 9.48 Å². The van der Waals surface area contributed by atoms with Crippen LogP contribution in [0.3, 0.4) is 0 Å². The second-order valence-corrected chi connectivity index (χ2v) is 8.87. The Hall–Kier alpha value is -4.64. The number of aromatic nitrogens is 4. The van der Waals surface area contributed by atoms with Gasteiger partial charge in [-0.1, -0.05) is 30.3 Å². The second-order valence-electron chi connectivity index (χ2n) is 8.87. The largest absolute Gasteiger partial charge is 0.442 e. The van der Waals surface area contributed by atoms with Crippen LogP contribution < -0.4 is 16.4 Å². The Kier molecular flexibility index (Phi) is 7.36. The summed E-state index contributed by atoms with van der Waals surface area (Å²) < 4.78 is 20.8. The predicted octanol–water partition coefficient (Wildman–Crippen LogP) is 3.52. The highest BCUT2D eigenvalue weighted by Gasteiger charge is 2.28. The summed E-state index contributed by atoms with van der Waals surface area (Å²) in [6, 6.07) is 14.1. The van der Waals surface area contributed by atoms with E-state index >= 15 is 0 Å². The molecule has 1 saturated heterocycles. The van der Waals surface area contributed by atoms with Crippen molar-refractivity contribution in [1.29, 1.82) is 0 Å². The first-order valence-corrected chi connectivity index (χ1v) is 12.2. The number of nitrogens with one attached hydrogen (secondary N) is 2. The van der Waals surface area contributed by atoms with Crippen molar-refractivity contribution in [3.05, 3.63) is 90.3 Å². The summed E-state index contributed by atoms with van der Waals surface area (Å²) >= 11 is 0. The summed E-state index contributed by atoms with van der Waals surface area (Å²) in [5, 5.41) is 10.4. The lowest BCUT2D eigenvalue weighted by atomic mass is 10.1. The SMILES string of the molecule is Nc1ncc(-c2cnn(C3CCNCC3)c2)nc1C(=O)O[C@@H](C(=O)Nc1ccc(F)cc1)c1ccccc1. The zero-order chi connectivity index (χ0) is 26.5. The maximum absolute atomic E-state index is 13.3. The molecule has 1 aliphatic rings. The molecule has 3 heterocycles. The van der Waals surface area contributed by atoms with E-state index in [4.69, 9.17) is 10.5 Å². The van der Waals surface area contributed by atoms with E-state index in [1.165, 1.54) is 30.5 Å². The Morgan fingerprint density at radius 3 is 2.55 bits per heavy atom. The molecule has 11 heteroatoms. The molecular formula is C27H26FN7O3. The third kappa shape index (κ3) is 5.68. The van der Waals surface area contributed by atoms with Crippen molar-refractivity contribution in [3.63, 3.8) is 0 Å². The third-order valence-electron chi connectivity index (χ3n) is 6.25. The van der Waals surface area contributed by atoms with Gasteiger partial charge in [0, 0.05) is 23.0 Å². The number of halogens is 1. The Morgan fingerprint density at radius 1 is 1.08 bits per heavy atom. The van der Waals surface area contributed by atoms with Crippen LogP contribution in [-0.4, -0.2) is 44.7 Å². The zero-order valence-corrected chi connectivity index (χ0v) is 20.4. The van der Waals surface area contributed by atoms with Gasteiger partial charge in [-0.2, -0.15) is 5.10 Å². The molecule has 1 aliphatic heterocycles. The highest BCUT2D eigenvalue weighted by atomic mass is 19.1. The van der Waals surface area contributed by atoms with Crippen molar-refractivity contribution < 1.29 is 18.7 Å². The van der Waals surface area contributed by atoms with Crippen LogP contribution in [0.5, 0.6) is 0 Å². The summed E-state index contributed by atoms with van der Waals surface area (Å²) in [6.45, 7) is 1.85. The number of hydrogen-bond acceptors (Lipinski definition) is 8. The van der Waals surface area contributed by atoms with Gasteiger partial charge in [0.05, 0.1) is 24.1 Å². The molecule has 5 rings (SSSR count).